The second-order valence-corrected chi connectivity index (χ2v) is 6.78. The van der Waals surface area contributed by atoms with Crippen molar-refractivity contribution in [2.24, 2.45) is 0 Å². The minimum Gasteiger partial charge on any atom is -0.385 e. The SMILES string of the molecule is CCC(O)c1nc(-c2nc(C)cs2)nn1-c1ccc(C)c(C(F)(F)F)c1. The second kappa shape index (κ2) is 6.81. The van der Waals surface area contributed by atoms with Crippen molar-refractivity contribution in [3.63, 3.8) is 0 Å². The van der Waals surface area contributed by atoms with Crippen molar-refractivity contribution in [2.45, 2.75) is 39.5 Å². The van der Waals surface area contributed by atoms with E-state index in [-0.39, 0.29) is 22.9 Å². The zero-order valence-electron chi connectivity index (χ0n) is 14.4. The predicted molar refractivity (Wildman–Crippen MR) is 92.2 cm³/mol. The molecule has 2 aromatic heterocycles. The molecule has 0 aliphatic rings. The molecule has 0 aliphatic heterocycles. The first kappa shape index (κ1) is 18.5. The molecule has 3 aromatic rings. The zero-order chi connectivity index (χ0) is 19.1. The number of rotatable bonds is 4. The highest BCUT2D eigenvalue weighted by molar-refractivity contribution is 7.13. The fraction of sp³-hybridized carbons (Fsp3) is 0.353. The summed E-state index contributed by atoms with van der Waals surface area (Å²) in [6, 6.07) is 3.93. The molecule has 5 nitrogen and oxygen atoms in total. The lowest BCUT2D eigenvalue weighted by Crippen LogP contribution is -2.12. The maximum absolute atomic E-state index is 13.2. The van der Waals surface area contributed by atoms with Crippen LogP contribution in [0.2, 0.25) is 0 Å². The van der Waals surface area contributed by atoms with Crippen molar-refractivity contribution >= 4 is 11.3 Å². The third-order valence-corrected chi connectivity index (χ3v) is 4.85. The molecule has 138 valence electrons. The van der Waals surface area contributed by atoms with Gasteiger partial charge in [0, 0.05) is 11.1 Å². The number of thiazole rings is 1. The van der Waals surface area contributed by atoms with Crippen molar-refractivity contribution in [1.82, 2.24) is 19.7 Å². The van der Waals surface area contributed by atoms with Crippen LogP contribution < -0.4 is 0 Å². The summed E-state index contributed by atoms with van der Waals surface area (Å²) in [6.07, 6.45) is -5.07. The van der Waals surface area contributed by atoms with Crippen LogP contribution in [0.15, 0.2) is 23.6 Å². The largest absolute Gasteiger partial charge is 0.416 e. The first-order chi connectivity index (χ1) is 12.2. The Morgan fingerprint density at radius 2 is 1.96 bits per heavy atom. The molecule has 0 saturated heterocycles. The lowest BCUT2D eigenvalue weighted by atomic mass is 10.1. The molecular formula is C17H17F3N4OS. The molecule has 2 heterocycles. The van der Waals surface area contributed by atoms with E-state index in [2.05, 4.69) is 15.1 Å². The molecule has 0 saturated carbocycles. The van der Waals surface area contributed by atoms with Crippen LogP contribution in [0.25, 0.3) is 16.5 Å². The van der Waals surface area contributed by atoms with Gasteiger partial charge in [-0.05, 0) is 38.0 Å². The number of aliphatic hydroxyl groups is 1. The van der Waals surface area contributed by atoms with Gasteiger partial charge in [-0.15, -0.1) is 16.4 Å². The van der Waals surface area contributed by atoms with Gasteiger partial charge in [-0.25, -0.2) is 14.6 Å². The normalized spacial score (nSPS) is 13.2. The Hall–Kier alpha value is -2.26. The highest BCUT2D eigenvalue weighted by atomic mass is 32.1. The third kappa shape index (κ3) is 3.49. The second-order valence-electron chi connectivity index (χ2n) is 5.92. The van der Waals surface area contributed by atoms with Gasteiger partial charge in [-0.2, -0.15) is 13.2 Å². The Morgan fingerprint density at radius 1 is 1.23 bits per heavy atom. The van der Waals surface area contributed by atoms with Crippen molar-refractivity contribution in [1.29, 1.82) is 0 Å². The van der Waals surface area contributed by atoms with Gasteiger partial charge in [0.15, 0.2) is 10.8 Å². The Balaban J connectivity index is 2.16. The quantitative estimate of drug-likeness (QED) is 0.723. The third-order valence-electron chi connectivity index (χ3n) is 3.90. The minimum absolute atomic E-state index is 0.120. The number of hydrogen-bond donors (Lipinski definition) is 1. The monoisotopic (exact) mass is 382 g/mol. The van der Waals surface area contributed by atoms with E-state index in [1.165, 1.54) is 35.1 Å². The molecule has 1 N–H and O–H groups in total. The van der Waals surface area contributed by atoms with Crippen molar-refractivity contribution in [3.8, 4) is 16.5 Å². The number of hydrogen-bond acceptors (Lipinski definition) is 5. The Kier molecular flexibility index (Phi) is 4.85. The Morgan fingerprint density at radius 3 is 2.54 bits per heavy atom. The maximum Gasteiger partial charge on any atom is 0.416 e. The van der Waals surface area contributed by atoms with Crippen LogP contribution in [0.3, 0.4) is 0 Å². The minimum atomic E-state index is -4.47. The molecule has 9 heteroatoms. The number of aliphatic hydroxyl groups excluding tert-OH is 1. The summed E-state index contributed by atoms with van der Waals surface area (Å²) < 4.78 is 41.0. The Labute approximate surface area is 152 Å². The molecule has 0 amide bonds. The summed E-state index contributed by atoms with van der Waals surface area (Å²) in [5.74, 6) is 0.465. The molecule has 1 atom stereocenters. The van der Waals surface area contributed by atoms with Gasteiger partial charge in [-0.1, -0.05) is 13.0 Å². The Bertz CT molecular complexity index is 932. The lowest BCUT2D eigenvalue weighted by molar-refractivity contribution is -0.138. The zero-order valence-corrected chi connectivity index (χ0v) is 15.2. The summed E-state index contributed by atoms with van der Waals surface area (Å²) in [6.45, 7) is 4.99. The van der Waals surface area contributed by atoms with Gasteiger partial charge in [0.1, 0.15) is 6.10 Å². The standard InChI is InChI=1S/C17H17F3N4OS/c1-4-13(25)15-22-14(16-21-10(3)8-26-16)23-24(15)11-6-5-9(2)12(7-11)17(18,19)20/h5-8,13,25H,4H2,1-3H3. The van der Waals surface area contributed by atoms with Crippen LogP contribution >= 0.6 is 11.3 Å². The molecule has 0 spiro atoms. The molecule has 0 bridgehead atoms. The summed E-state index contributed by atoms with van der Waals surface area (Å²) >= 11 is 1.34. The number of nitrogens with zero attached hydrogens (tertiary/aromatic N) is 4. The molecular weight excluding hydrogens is 365 g/mol. The van der Waals surface area contributed by atoms with E-state index in [0.29, 0.717) is 11.4 Å². The summed E-state index contributed by atoms with van der Waals surface area (Å²) in [4.78, 5) is 8.63. The van der Waals surface area contributed by atoms with Crippen LogP contribution in [0.4, 0.5) is 13.2 Å². The average Bonchev–Trinajstić information content (AvgIpc) is 3.20. The van der Waals surface area contributed by atoms with Gasteiger partial charge in [-0.3, -0.25) is 0 Å². The van der Waals surface area contributed by atoms with Gasteiger partial charge in [0.25, 0.3) is 0 Å². The van der Waals surface area contributed by atoms with E-state index >= 15 is 0 Å². The first-order valence-corrected chi connectivity index (χ1v) is 8.84. The molecule has 0 radical (unpaired) electrons. The van der Waals surface area contributed by atoms with Crippen LogP contribution in [-0.2, 0) is 6.18 Å². The lowest BCUT2D eigenvalue weighted by Gasteiger charge is -2.14. The number of aromatic nitrogens is 4. The molecule has 0 fully saturated rings. The van der Waals surface area contributed by atoms with Crippen LogP contribution in [0.1, 0.15) is 42.1 Å². The van der Waals surface area contributed by atoms with Gasteiger partial charge in [0.2, 0.25) is 5.82 Å². The van der Waals surface area contributed by atoms with Crippen LogP contribution in [0, 0.1) is 13.8 Å². The van der Waals surface area contributed by atoms with E-state index < -0.39 is 17.8 Å². The topological polar surface area (TPSA) is 63.8 Å². The van der Waals surface area contributed by atoms with E-state index in [1.54, 1.807) is 6.92 Å². The first-order valence-electron chi connectivity index (χ1n) is 7.96. The molecule has 26 heavy (non-hydrogen) atoms. The molecule has 1 unspecified atom stereocenters. The molecule has 1 aromatic carbocycles. The van der Waals surface area contributed by atoms with E-state index in [0.717, 1.165) is 11.8 Å². The summed E-state index contributed by atoms with van der Waals surface area (Å²) in [7, 11) is 0. The van der Waals surface area contributed by atoms with E-state index in [9.17, 15) is 18.3 Å². The fourth-order valence-corrected chi connectivity index (χ4v) is 3.23. The highest BCUT2D eigenvalue weighted by Gasteiger charge is 2.33. The van der Waals surface area contributed by atoms with Crippen LogP contribution in [0.5, 0.6) is 0 Å². The maximum atomic E-state index is 13.2. The molecule has 0 aliphatic carbocycles. The number of halogens is 3. The molecule has 3 rings (SSSR count). The van der Waals surface area contributed by atoms with E-state index in [4.69, 9.17) is 0 Å². The van der Waals surface area contributed by atoms with Gasteiger partial charge < -0.3 is 5.11 Å². The van der Waals surface area contributed by atoms with Crippen molar-refractivity contribution < 1.29 is 18.3 Å². The number of alkyl halides is 3. The number of aryl methyl sites for hydroxylation is 2. The summed E-state index contributed by atoms with van der Waals surface area (Å²) in [5, 5.41) is 17.0. The van der Waals surface area contributed by atoms with Crippen molar-refractivity contribution in [3.05, 3.63) is 46.2 Å². The smallest absolute Gasteiger partial charge is 0.385 e. The van der Waals surface area contributed by atoms with E-state index in [1.807, 2.05) is 12.3 Å². The van der Waals surface area contributed by atoms with Gasteiger partial charge >= 0.3 is 6.18 Å². The average molecular weight is 382 g/mol. The predicted octanol–water partition coefficient (Wildman–Crippen LogP) is 4.47. The van der Waals surface area contributed by atoms with Crippen LogP contribution in [-0.4, -0.2) is 24.9 Å². The van der Waals surface area contributed by atoms with Gasteiger partial charge in [0.05, 0.1) is 11.3 Å². The number of benzene rings is 1. The van der Waals surface area contributed by atoms with Crippen molar-refractivity contribution in [2.75, 3.05) is 0 Å². The summed E-state index contributed by atoms with van der Waals surface area (Å²) in [5.41, 5.74) is 0.370. The fourth-order valence-electron chi connectivity index (χ4n) is 2.51. The highest BCUT2D eigenvalue weighted by Crippen LogP contribution is 2.34.